The maximum absolute atomic E-state index is 14.3. The fourth-order valence-corrected chi connectivity index (χ4v) is 7.21. The summed E-state index contributed by atoms with van der Waals surface area (Å²) in [6, 6.07) is 8.38. The molecule has 266 valence electrons. The van der Waals surface area contributed by atoms with E-state index in [0.717, 1.165) is 62.8 Å². The van der Waals surface area contributed by atoms with Gasteiger partial charge in [0.1, 0.15) is 11.6 Å². The summed E-state index contributed by atoms with van der Waals surface area (Å²) in [6.45, 7) is 6.29. The molecule has 1 aliphatic heterocycles. The first-order valence-corrected chi connectivity index (χ1v) is 18.5. The standard InChI is InChI=1S/C35H51FN4O7S/c1-24-21-40(25(2)23-41)34(42)31-20-29(38-48(44,45)30-16-13-27(36)14-17-30)15-18-32(31)47-26(3)10-8-9-19-46-33(24)22-39(4)35(43)37-28-11-6-5-7-12-28/h13-18,20,24-26,28,33,38,41H,5-12,19,21-23H2,1-4H3,(H,37,43)/t24-,25+,26-,33+/m0/s1. The van der Waals surface area contributed by atoms with Gasteiger partial charge in [-0.1, -0.05) is 26.2 Å². The third-order valence-electron chi connectivity index (χ3n) is 9.16. The minimum absolute atomic E-state index is 0.125. The van der Waals surface area contributed by atoms with Gasteiger partial charge in [-0.25, -0.2) is 17.6 Å². The Morgan fingerprint density at radius 2 is 1.75 bits per heavy atom. The summed E-state index contributed by atoms with van der Waals surface area (Å²) in [6.07, 6.45) is 7.00. The van der Waals surface area contributed by atoms with E-state index in [9.17, 15) is 27.5 Å². The molecule has 1 aliphatic carbocycles. The number of benzene rings is 2. The van der Waals surface area contributed by atoms with E-state index in [1.165, 1.54) is 18.6 Å². The highest BCUT2D eigenvalue weighted by atomic mass is 32.2. The van der Waals surface area contributed by atoms with Crippen molar-refractivity contribution in [1.82, 2.24) is 15.1 Å². The minimum Gasteiger partial charge on any atom is -0.490 e. The van der Waals surface area contributed by atoms with Crippen LogP contribution < -0.4 is 14.8 Å². The Bertz CT molecular complexity index is 1470. The predicted molar refractivity (Wildman–Crippen MR) is 182 cm³/mol. The normalized spacial score (nSPS) is 22.5. The summed E-state index contributed by atoms with van der Waals surface area (Å²) in [7, 11) is -2.34. The number of sulfonamides is 1. The Morgan fingerprint density at radius 3 is 2.44 bits per heavy atom. The van der Waals surface area contributed by atoms with E-state index in [1.807, 2.05) is 13.8 Å². The van der Waals surface area contributed by atoms with Crippen LogP contribution in [0.15, 0.2) is 47.4 Å². The lowest BCUT2D eigenvalue weighted by Gasteiger charge is -2.36. The summed E-state index contributed by atoms with van der Waals surface area (Å²) in [5.41, 5.74) is 0.257. The van der Waals surface area contributed by atoms with E-state index in [-0.39, 0.29) is 53.4 Å². The van der Waals surface area contributed by atoms with Crippen LogP contribution in [0.5, 0.6) is 5.75 Å². The first kappa shape index (κ1) is 37.4. The van der Waals surface area contributed by atoms with Crippen LogP contribution in [0.3, 0.4) is 0 Å². The first-order chi connectivity index (χ1) is 22.9. The molecule has 11 nitrogen and oxygen atoms in total. The van der Waals surface area contributed by atoms with Crippen molar-refractivity contribution in [3.8, 4) is 5.75 Å². The lowest BCUT2D eigenvalue weighted by atomic mass is 9.96. The van der Waals surface area contributed by atoms with Gasteiger partial charge in [0.15, 0.2) is 0 Å². The van der Waals surface area contributed by atoms with Crippen molar-refractivity contribution < 1.29 is 37.0 Å². The van der Waals surface area contributed by atoms with Gasteiger partial charge in [0.05, 0.1) is 35.3 Å². The van der Waals surface area contributed by atoms with Crippen LogP contribution in [0.2, 0.25) is 0 Å². The number of likely N-dealkylation sites (N-methyl/N-ethyl adjacent to an activating group) is 1. The number of aliphatic hydroxyl groups excluding tert-OH is 1. The zero-order valence-electron chi connectivity index (χ0n) is 28.5. The Morgan fingerprint density at radius 1 is 1.06 bits per heavy atom. The molecule has 2 aromatic carbocycles. The molecule has 1 saturated carbocycles. The summed E-state index contributed by atoms with van der Waals surface area (Å²) in [4.78, 5) is 30.5. The molecule has 0 spiro atoms. The van der Waals surface area contributed by atoms with Gasteiger partial charge in [0, 0.05) is 44.4 Å². The lowest BCUT2D eigenvalue weighted by Crippen LogP contribution is -2.50. The number of amides is 3. The highest BCUT2D eigenvalue weighted by molar-refractivity contribution is 7.92. The zero-order valence-corrected chi connectivity index (χ0v) is 29.3. The summed E-state index contributed by atoms with van der Waals surface area (Å²) in [5.74, 6) is -0.956. The van der Waals surface area contributed by atoms with E-state index >= 15 is 0 Å². The molecule has 4 atom stereocenters. The number of aliphatic hydroxyl groups is 1. The van der Waals surface area contributed by atoms with E-state index in [0.29, 0.717) is 25.3 Å². The number of carbonyl (C=O) groups excluding carboxylic acids is 2. The maximum atomic E-state index is 14.3. The second-order valence-corrected chi connectivity index (χ2v) is 14.9. The molecule has 48 heavy (non-hydrogen) atoms. The Balaban J connectivity index is 1.61. The number of hydrogen-bond acceptors (Lipinski definition) is 7. The van der Waals surface area contributed by atoms with Gasteiger partial charge in [0.2, 0.25) is 0 Å². The number of anilines is 1. The largest absolute Gasteiger partial charge is 0.490 e. The van der Waals surface area contributed by atoms with Crippen molar-refractivity contribution in [2.75, 3.05) is 38.1 Å². The number of ether oxygens (including phenoxy) is 2. The highest BCUT2D eigenvalue weighted by Crippen LogP contribution is 2.30. The Labute approximate surface area is 284 Å². The molecular weight excluding hydrogens is 639 g/mol. The molecule has 2 aliphatic rings. The smallest absolute Gasteiger partial charge is 0.317 e. The molecule has 1 heterocycles. The van der Waals surface area contributed by atoms with Gasteiger partial charge in [-0.2, -0.15) is 0 Å². The lowest BCUT2D eigenvalue weighted by molar-refractivity contribution is -0.0123. The fourth-order valence-electron chi connectivity index (χ4n) is 6.16. The first-order valence-electron chi connectivity index (χ1n) is 17.0. The van der Waals surface area contributed by atoms with Gasteiger partial charge in [-0.3, -0.25) is 9.52 Å². The molecule has 2 aromatic rings. The van der Waals surface area contributed by atoms with Gasteiger partial charge in [0.25, 0.3) is 15.9 Å². The maximum Gasteiger partial charge on any atom is 0.317 e. The molecule has 0 saturated heterocycles. The highest BCUT2D eigenvalue weighted by Gasteiger charge is 2.31. The fraction of sp³-hybridized carbons (Fsp3) is 0.600. The van der Waals surface area contributed by atoms with Crippen molar-refractivity contribution in [2.45, 2.75) is 101 Å². The van der Waals surface area contributed by atoms with E-state index in [1.54, 1.807) is 29.8 Å². The quantitative estimate of drug-likeness (QED) is 0.338. The Kier molecular flexibility index (Phi) is 13.5. The Hall–Kier alpha value is -3.42. The minimum atomic E-state index is -4.09. The third kappa shape index (κ3) is 10.3. The molecular formula is C35H51FN4O7S. The SMILES string of the molecule is C[C@H](CO)N1C[C@H](C)[C@@H](CN(C)C(=O)NC2CCCCC2)OCCCC[C@H](C)Oc2ccc(NS(=O)(=O)c3ccc(F)cc3)cc2C1=O. The van der Waals surface area contributed by atoms with Crippen molar-refractivity contribution >= 4 is 27.6 Å². The number of rotatable bonds is 8. The molecule has 1 fully saturated rings. The van der Waals surface area contributed by atoms with Crippen LogP contribution in [-0.2, 0) is 14.8 Å². The van der Waals surface area contributed by atoms with E-state index in [4.69, 9.17) is 9.47 Å². The monoisotopic (exact) mass is 690 g/mol. The summed E-state index contributed by atoms with van der Waals surface area (Å²) < 4.78 is 54.7. The van der Waals surface area contributed by atoms with Gasteiger partial charge < -0.3 is 29.7 Å². The number of halogens is 1. The van der Waals surface area contributed by atoms with Crippen molar-refractivity contribution in [3.63, 3.8) is 0 Å². The second-order valence-electron chi connectivity index (χ2n) is 13.2. The van der Waals surface area contributed by atoms with Crippen molar-refractivity contribution in [3.05, 3.63) is 53.8 Å². The number of fused-ring (bicyclic) bond motifs is 1. The molecule has 3 amide bonds. The van der Waals surface area contributed by atoms with Crippen LogP contribution in [0, 0.1) is 11.7 Å². The molecule has 4 rings (SSSR count). The summed E-state index contributed by atoms with van der Waals surface area (Å²) in [5, 5.41) is 13.4. The van der Waals surface area contributed by atoms with Crippen LogP contribution in [0.1, 0.15) is 82.5 Å². The molecule has 3 N–H and O–H groups in total. The number of urea groups is 1. The molecule has 0 aromatic heterocycles. The van der Waals surface area contributed by atoms with Crippen molar-refractivity contribution in [2.24, 2.45) is 5.92 Å². The van der Waals surface area contributed by atoms with E-state index in [2.05, 4.69) is 10.0 Å². The molecule has 0 bridgehead atoms. The van der Waals surface area contributed by atoms with Crippen LogP contribution in [0.4, 0.5) is 14.9 Å². The molecule has 0 radical (unpaired) electrons. The number of nitrogens with zero attached hydrogens (tertiary/aromatic N) is 2. The topological polar surface area (TPSA) is 138 Å². The molecule has 13 heteroatoms. The van der Waals surface area contributed by atoms with Crippen molar-refractivity contribution in [1.29, 1.82) is 0 Å². The van der Waals surface area contributed by atoms with Gasteiger partial charge >= 0.3 is 6.03 Å². The van der Waals surface area contributed by atoms with Crippen LogP contribution in [-0.4, -0.2) is 92.9 Å². The number of carbonyl (C=O) groups is 2. The van der Waals surface area contributed by atoms with Crippen LogP contribution >= 0.6 is 0 Å². The van der Waals surface area contributed by atoms with Crippen LogP contribution in [0.25, 0.3) is 0 Å². The average molecular weight is 691 g/mol. The summed E-state index contributed by atoms with van der Waals surface area (Å²) >= 11 is 0. The van der Waals surface area contributed by atoms with Gasteiger partial charge in [-0.15, -0.1) is 0 Å². The van der Waals surface area contributed by atoms with E-state index < -0.39 is 33.9 Å². The number of hydrogen-bond donors (Lipinski definition) is 3. The average Bonchev–Trinajstić information content (AvgIpc) is 3.06. The van der Waals surface area contributed by atoms with Gasteiger partial charge in [-0.05, 0) is 88.4 Å². The zero-order chi connectivity index (χ0) is 34.8. The molecule has 0 unspecified atom stereocenters. The third-order valence-corrected chi connectivity index (χ3v) is 10.6. The predicted octanol–water partition coefficient (Wildman–Crippen LogP) is 5.40. The second kappa shape index (κ2) is 17.3. The number of nitrogens with one attached hydrogen (secondary N) is 2.